The molecule has 0 saturated heterocycles. The van der Waals surface area contributed by atoms with Crippen LogP contribution in [0, 0.1) is 0 Å². The Morgan fingerprint density at radius 2 is 0.950 bits per heavy atom. The van der Waals surface area contributed by atoms with E-state index in [-0.39, 0.29) is 11.8 Å². The summed E-state index contributed by atoms with van der Waals surface area (Å²) in [6.07, 6.45) is 0. The third-order valence-electron chi connectivity index (χ3n) is 1.92. The molecule has 0 bridgehead atoms. The fourth-order valence-electron chi connectivity index (χ4n) is 1.04. The topological polar surface area (TPSA) is 58.2 Å². The second-order valence-corrected chi connectivity index (χ2v) is 17.0. The number of halogens is 6. The minimum atomic E-state index is -1.01. The van der Waals surface area contributed by atoms with Crippen LogP contribution >= 0.6 is 95.6 Å². The SMILES string of the molecule is O=C(Nc1ccc(NC(=O)C(Br)(Br)Br)cc1)C(Br)(Br)Br. The molecular weight excluding hydrogens is 660 g/mol. The standard InChI is InChI=1S/C10H6Br6N2O2/c11-9(12,13)7(19)17-5-1-2-6(4-3-5)18-8(20)10(14,15)16/h1-4H,(H,17,19)(H,18,20). The van der Waals surface area contributed by atoms with Gasteiger partial charge in [-0.3, -0.25) is 9.59 Å². The van der Waals surface area contributed by atoms with Gasteiger partial charge in [0, 0.05) is 11.4 Å². The predicted molar refractivity (Wildman–Crippen MR) is 103 cm³/mol. The van der Waals surface area contributed by atoms with Gasteiger partial charge in [0.1, 0.15) is 0 Å². The van der Waals surface area contributed by atoms with E-state index in [1.807, 2.05) is 0 Å². The van der Waals surface area contributed by atoms with Gasteiger partial charge >= 0.3 is 0 Å². The van der Waals surface area contributed by atoms with Crippen LogP contribution < -0.4 is 10.6 Å². The summed E-state index contributed by atoms with van der Waals surface area (Å²) in [4.78, 5) is 23.4. The Balaban J connectivity index is 2.71. The van der Waals surface area contributed by atoms with Crippen LogP contribution in [-0.4, -0.2) is 16.1 Å². The first-order valence-electron chi connectivity index (χ1n) is 4.86. The summed E-state index contributed by atoms with van der Waals surface area (Å²) in [6.45, 7) is 0. The number of carbonyl (C=O) groups is 2. The molecule has 0 heterocycles. The predicted octanol–water partition coefficient (Wildman–Crippen LogP) is 5.24. The largest absolute Gasteiger partial charge is 0.323 e. The molecular formula is C10H6Br6N2O2. The van der Waals surface area contributed by atoms with Crippen LogP contribution in [0.1, 0.15) is 0 Å². The lowest BCUT2D eigenvalue weighted by Crippen LogP contribution is -2.26. The van der Waals surface area contributed by atoms with Crippen LogP contribution in [0.5, 0.6) is 0 Å². The molecule has 4 nitrogen and oxygen atoms in total. The van der Waals surface area contributed by atoms with Gasteiger partial charge in [-0.05, 0) is 120 Å². The second-order valence-electron chi connectivity index (χ2n) is 3.48. The van der Waals surface area contributed by atoms with Gasteiger partial charge in [0.15, 0.2) is 0 Å². The summed E-state index contributed by atoms with van der Waals surface area (Å²) >= 11 is 18.7. The van der Waals surface area contributed by atoms with Crippen LogP contribution in [0.3, 0.4) is 0 Å². The Morgan fingerprint density at radius 3 is 1.15 bits per heavy atom. The highest BCUT2D eigenvalue weighted by atomic mass is 80.0. The van der Waals surface area contributed by atoms with Crippen molar-refractivity contribution in [1.82, 2.24) is 0 Å². The van der Waals surface area contributed by atoms with Crippen molar-refractivity contribution < 1.29 is 9.59 Å². The summed E-state index contributed by atoms with van der Waals surface area (Å²) in [5, 5.41) is 5.35. The number of nitrogens with one attached hydrogen (secondary N) is 2. The van der Waals surface area contributed by atoms with Gasteiger partial charge in [-0.25, -0.2) is 0 Å². The molecule has 1 rings (SSSR count). The van der Waals surface area contributed by atoms with E-state index in [9.17, 15) is 9.59 Å². The van der Waals surface area contributed by atoms with Gasteiger partial charge in [0.25, 0.3) is 11.8 Å². The third-order valence-corrected chi connectivity index (χ3v) is 4.08. The van der Waals surface area contributed by atoms with E-state index in [0.717, 1.165) is 0 Å². The van der Waals surface area contributed by atoms with Gasteiger partial charge < -0.3 is 10.6 Å². The minimum absolute atomic E-state index is 0.310. The van der Waals surface area contributed by atoms with Crippen molar-refractivity contribution in [3.05, 3.63) is 24.3 Å². The van der Waals surface area contributed by atoms with Crippen molar-refractivity contribution in [2.24, 2.45) is 0 Å². The van der Waals surface area contributed by atoms with Crippen LogP contribution in [0.4, 0.5) is 11.4 Å². The molecule has 1 aromatic carbocycles. The van der Waals surface area contributed by atoms with Crippen molar-refractivity contribution >= 4 is 119 Å². The minimum Gasteiger partial charge on any atom is -0.323 e. The fraction of sp³-hybridized carbons (Fsp3) is 0.200. The molecule has 110 valence electrons. The number of hydrogen-bond donors (Lipinski definition) is 2. The van der Waals surface area contributed by atoms with Crippen molar-refractivity contribution in [1.29, 1.82) is 0 Å². The van der Waals surface area contributed by atoms with Crippen LogP contribution in [0.25, 0.3) is 0 Å². The van der Waals surface area contributed by atoms with Gasteiger partial charge in [0.05, 0.1) is 0 Å². The van der Waals surface area contributed by atoms with Crippen LogP contribution in [0.2, 0.25) is 0 Å². The molecule has 0 aliphatic heterocycles. The summed E-state index contributed by atoms with van der Waals surface area (Å²) in [6, 6.07) is 6.69. The third kappa shape index (κ3) is 6.43. The van der Waals surface area contributed by atoms with E-state index in [1.54, 1.807) is 24.3 Å². The molecule has 0 atom stereocenters. The highest BCUT2D eigenvalue weighted by molar-refractivity contribution is 9.40. The summed E-state index contributed by atoms with van der Waals surface area (Å²) in [7, 11) is 0. The van der Waals surface area contributed by atoms with Gasteiger partial charge in [-0.2, -0.15) is 0 Å². The molecule has 0 radical (unpaired) electrons. The first kappa shape index (κ1) is 19.1. The molecule has 0 fully saturated rings. The van der Waals surface area contributed by atoms with Crippen molar-refractivity contribution in [2.75, 3.05) is 10.6 Å². The maximum absolute atomic E-state index is 11.7. The summed E-state index contributed by atoms with van der Waals surface area (Å²) < 4.78 is -2.03. The zero-order valence-electron chi connectivity index (χ0n) is 9.39. The Hall–Kier alpha value is 1.04. The number of rotatable bonds is 2. The molecule has 0 saturated carbocycles. The number of hydrogen-bond acceptors (Lipinski definition) is 2. The maximum Gasteiger partial charge on any atom is 0.263 e. The smallest absolute Gasteiger partial charge is 0.263 e. The molecule has 20 heavy (non-hydrogen) atoms. The Kier molecular flexibility index (Phi) is 7.20. The molecule has 0 spiro atoms. The number of anilines is 2. The van der Waals surface area contributed by atoms with Gasteiger partial charge in [-0.1, -0.05) is 0 Å². The molecule has 2 N–H and O–H groups in total. The normalized spacial score (nSPS) is 11.9. The van der Waals surface area contributed by atoms with E-state index in [2.05, 4.69) is 106 Å². The Labute approximate surface area is 166 Å². The van der Waals surface area contributed by atoms with Crippen LogP contribution in [-0.2, 0) is 9.59 Å². The van der Waals surface area contributed by atoms with Crippen molar-refractivity contribution in [3.8, 4) is 0 Å². The number of amides is 2. The van der Waals surface area contributed by atoms with E-state index in [0.29, 0.717) is 11.4 Å². The zero-order chi connectivity index (χ0) is 15.6. The van der Waals surface area contributed by atoms with Crippen molar-refractivity contribution in [3.63, 3.8) is 0 Å². The molecule has 0 aliphatic carbocycles. The number of carbonyl (C=O) groups excluding carboxylic acids is 2. The fourth-order valence-corrected chi connectivity index (χ4v) is 1.64. The van der Waals surface area contributed by atoms with Crippen LogP contribution in [0.15, 0.2) is 24.3 Å². The monoisotopic (exact) mass is 660 g/mol. The zero-order valence-corrected chi connectivity index (χ0v) is 18.9. The Morgan fingerprint density at radius 1 is 0.700 bits per heavy atom. The first-order valence-corrected chi connectivity index (χ1v) is 9.62. The quantitative estimate of drug-likeness (QED) is 0.425. The highest BCUT2D eigenvalue weighted by Crippen LogP contribution is 2.35. The molecule has 1 aromatic rings. The lowest BCUT2D eigenvalue weighted by Gasteiger charge is -2.14. The lowest BCUT2D eigenvalue weighted by atomic mass is 10.3. The molecule has 0 unspecified atom stereocenters. The molecule has 0 aliphatic rings. The number of benzene rings is 1. The molecule has 2 amide bonds. The van der Waals surface area contributed by atoms with Gasteiger partial charge in [0.2, 0.25) is 4.29 Å². The van der Waals surface area contributed by atoms with E-state index in [1.165, 1.54) is 0 Å². The first-order chi connectivity index (χ1) is 9.00. The highest BCUT2D eigenvalue weighted by Gasteiger charge is 2.29. The summed E-state index contributed by atoms with van der Waals surface area (Å²) in [5.41, 5.74) is 1.19. The Bertz CT molecular complexity index is 459. The summed E-state index contributed by atoms with van der Waals surface area (Å²) in [5.74, 6) is -0.621. The number of alkyl halides is 6. The average Bonchev–Trinajstić information content (AvgIpc) is 2.29. The molecule has 10 heteroatoms. The average molecular weight is 666 g/mol. The van der Waals surface area contributed by atoms with Crippen molar-refractivity contribution in [2.45, 2.75) is 4.29 Å². The van der Waals surface area contributed by atoms with E-state index < -0.39 is 4.29 Å². The van der Waals surface area contributed by atoms with E-state index >= 15 is 0 Å². The van der Waals surface area contributed by atoms with E-state index in [4.69, 9.17) is 0 Å². The second kappa shape index (κ2) is 7.54. The molecule has 0 aromatic heterocycles. The van der Waals surface area contributed by atoms with Gasteiger partial charge in [-0.15, -0.1) is 0 Å². The lowest BCUT2D eigenvalue weighted by molar-refractivity contribution is -0.115. The maximum atomic E-state index is 11.7.